The summed E-state index contributed by atoms with van der Waals surface area (Å²) in [5.41, 5.74) is 2.36. The first-order valence-corrected chi connectivity index (χ1v) is 8.93. The number of carbonyl (C=O) groups is 1. The molecule has 2 amide bonds. The monoisotopic (exact) mass is 317 g/mol. The van der Waals surface area contributed by atoms with E-state index in [1.165, 1.54) is 38.0 Å². The van der Waals surface area contributed by atoms with E-state index in [0.717, 1.165) is 30.9 Å². The van der Waals surface area contributed by atoms with Gasteiger partial charge in [0.25, 0.3) is 0 Å². The molecule has 4 nitrogen and oxygen atoms in total. The van der Waals surface area contributed by atoms with Gasteiger partial charge in [0.05, 0.1) is 0 Å². The summed E-state index contributed by atoms with van der Waals surface area (Å²) < 4.78 is 0. The molecule has 1 aliphatic heterocycles. The van der Waals surface area contributed by atoms with Crippen LogP contribution in [-0.4, -0.2) is 37.1 Å². The Hall–Kier alpha value is -1.55. The largest absolute Gasteiger partial charge is 0.338 e. The van der Waals surface area contributed by atoms with Crippen molar-refractivity contribution in [1.29, 1.82) is 0 Å². The summed E-state index contributed by atoms with van der Waals surface area (Å²) >= 11 is 0. The fourth-order valence-electron chi connectivity index (χ4n) is 3.01. The lowest BCUT2D eigenvalue weighted by atomic mass is 9.99. The predicted molar refractivity (Wildman–Crippen MR) is 95.5 cm³/mol. The molecule has 1 heterocycles. The van der Waals surface area contributed by atoms with E-state index in [0.29, 0.717) is 6.54 Å². The smallest absolute Gasteiger partial charge is 0.315 e. The van der Waals surface area contributed by atoms with Crippen molar-refractivity contribution in [1.82, 2.24) is 15.5 Å². The standard InChI is InChI=1S/C19H31N3O/c1-16-8-12-22(13-9-16)11-4-3-10-20-19(23)21-15-18-7-5-6-17(2)14-18/h5-7,14,16H,3-4,8-13,15H2,1-2H3,(H2,20,21,23). The van der Waals surface area contributed by atoms with Gasteiger partial charge in [-0.1, -0.05) is 36.8 Å². The third-order valence-corrected chi connectivity index (χ3v) is 4.60. The van der Waals surface area contributed by atoms with Crippen LogP contribution in [0.1, 0.15) is 43.7 Å². The van der Waals surface area contributed by atoms with Gasteiger partial charge in [0.15, 0.2) is 0 Å². The quantitative estimate of drug-likeness (QED) is 0.758. The van der Waals surface area contributed by atoms with Crippen molar-refractivity contribution in [3.8, 4) is 0 Å². The minimum absolute atomic E-state index is 0.0710. The molecule has 1 aromatic rings. The van der Waals surface area contributed by atoms with E-state index < -0.39 is 0 Å². The number of hydrogen-bond donors (Lipinski definition) is 2. The Balaban J connectivity index is 1.50. The van der Waals surface area contributed by atoms with Gasteiger partial charge in [-0.05, 0) is 63.7 Å². The molecule has 0 aromatic heterocycles. The zero-order valence-corrected chi connectivity index (χ0v) is 14.6. The first-order chi connectivity index (χ1) is 11.1. The van der Waals surface area contributed by atoms with Gasteiger partial charge in [0.1, 0.15) is 0 Å². The summed E-state index contributed by atoms with van der Waals surface area (Å²) in [5.74, 6) is 0.894. The number of benzene rings is 1. The van der Waals surface area contributed by atoms with E-state index in [1.807, 2.05) is 12.1 Å². The summed E-state index contributed by atoms with van der Waals surface area (Å²) in [6, 6.07) is 8.14. The number of hydrogen-bond acceptors (Lipinski definition) is 2. The topological polar surface area (TPSA) is 44.4 Å². The Morgan fingerprint density at radius 2 is 2.00 bits per heavy atom. The third-order valence-electron chi connectivity index (χ3n) is 4.60. The van der Waals surface area contributed by atoms with E-state index in [9.17, 15) is 4.79 Å². The summed E-state index contributed by atoms with van der Waals surface area (Å²) in [5, 5.41) is 5.85. The van der Waals surface area contributed by atoms with Crippen molar-refractivity contribution in [2.75, 3.05) is 26.2 Å². The van der Waals surface area contributed by atoms with E-state index in [1.54, 1.807) is 0 Å². The molecule has 0 atom stereocenters. The highest BCUT2D eigenvalue weighted by molar-refractivity contribution is 5.73. The molecule has 128 valence electrons. The van der Waals surface area contributed by atoms with E-state index >= 15 is 0 Å². The molecule has 1 fully saturated rings. The number of amides is 2. The molecule has 0 aliphatic carbocycles. The number of unbranched alkanes of at least 4 members (excludes halogenated alkanes) is 1. The number of aryl methyl sites for hydroxylation is 1. The lowest BCUT2D eigenvalue weighted by Gasteiger charge is -2.30. The Morgan fingerprint density at radius 1 is 1.22 bits per heavy atom. The van der Waals surface area contributed by atoms with Crippen LogP contribution in [0, 0.1) is 12.8 Å². The SMILES string of the molecule is Cc1cccc(CNC(=O)NCCCCN2CCC(C)CC2)c1. The fourth-order valence-corrected chi connectivity index (χ4v) is 3.01. The predicted octanol–water partition coefficient (Wildman–Crippen LogP) is 3.31. The molecule has 23 heavy (non-hydrogen) atoms. The van der Waals surface area contributed by atoms with Crippen LogP contribution in [0.15, 0.2) is 24.3 Å². The maximum Gasteiger partial charge on any atom is 0.315 e. The number of carbonyl (C=O) groups excluding carboxylic acids is 1. The fraction of sp³-hybridized carbons (Fsp3) is 0.632. The Morgan fingerprint density at radius 3 is 2.74 bits per heavy atom. The lowest BCUT2D eigenvalue weighted by Crippen LogP contribution is -2.36. The van der Waals surface area contributed by atoms with Crippen molar-refractivity contribution in [2.24, 2.45) is 5.92 Å². The molecule has 0 radical (unpaired) electrons. The average Bonchev–Trinajstić information content (AvgIpc) is 2.54. The van der Waals surface area contributed by atoms with Gasteiger partial charge in [-0.3, -0.25) is 0 Å². The molecule has 1 aromatic carbocycles. The van der Waals surface area contributed by atoms with Gasteiger partial charge >= 0.3 is 6.03 Å². The number of likely N-dealkylation sites (tertiary alicyclic amines) is 1. The van der Waals surface area contributed by atoms with Crippen molar-refractivity contribution in [3.63, 3.8) is 0 Å². The molecular weight excluding hydrogens is 286 g/mol. The van der Waals surface area contributed by atoms with Crippen LogP contribution < -0.4 is 10.6 Å². The first kappa shape index (κ1) is 17.8. The van der Waals surface area contributed by atoms with Gasteiger partial charge in [-0.2, -0.15) is 0 Å². The minimum Gasteiger partial charge on any atom is -0.338 e. The van der Waals surface area contributed by atoms with Gasteiger partial charge < -0.3 is 15.5 Å². The van der Waals surface area contributed by atoms with Gasteiger partial charge in [0, 0.05) is 13.1 Å². The Kier molecular flexibility index (Phi) is 7.40. The summed E-state index contributed by atoms with van der Waals surface area (Å²) in [6.45, 7) is 9.39. The van der Waals surface area contributed by atoms with Gasteiger partial charge in [-0.25, -0.2) is 4.79 Å². The summed E-state index contributed by atoms with van der Waals surface area (Å²) in [7, 11) is 0. The van der Waals surface area contributed by atoms with Crippen LogP contribution >= 0.6 is 0 Å². The number of nitrogens with one attached hydrogen (secondary N) is 2. The zero-order valence-electron chi connectivity index (χ0n) is 14.6. The molecule has 0 bridgehead atoms. The number of piperidine rings is 1. The highest BCUT2D eigenvalue weighted by Gasteiger charge is 2.14. The Bertz CT molecular complexity index is 481. The van der Waals surface area contributed by atoms with Crippen LogP contribution in [0.2, 0.25) is 0 Å². The molecule has 4 heteroatoms. The molecule has 0 unspecified atom stereocenters. The second-order valence-electron chi connectivity index (χ2n) is 6.83. The van der Waals surface area contributed by atoms with Crippen LogP contribution in [0.4, 0.5) is 4.79 Å². The molecule has 1 saturated heterocycles. The molecule has 0 saturated carbocycles. The number of nitrogens with zero attached hydrogens (tertiary/aromatic N) is 1. The maximum atomic E-state index is 11.8. The van der Waals surface area contributed by atoms with E-state index in [4.69, 9.17) is 0 Å². The van der Waals surface area contributed by atoms with Crippen LogP contribution in [0.5, 0.6) is 0 Å². The molecular formula is C19H31N3O. The molecule has 2 rings (SSSR count). The molecule has 0 spiro atoms. The second kappa shape index (κ2) is 9.56. The average molecular weight is 317 g/mol. The van der Waals surface area contributed by atoms with Crippen LogP contribution in [-0.2, 0) is 6.54 Å². The first-order valence-electron chi connectivity index (χ1n) is 8.93. The van der Waals surface area contributed by atoms with Gasteiger partial charge in [0.2, 0.25) is 0 Å². The Labute approximate surface area is 140 Å². The van der Waals surface area contributed by atoms with Crippen LogP contribution in [0.3, 0.4) is 0 Å². The number of urea groups is 1. The lowest BCUT2D eigenvalue weighted by molar-refractivity contribution is 0.189. The summed E-state index contributed by atoms with van der Waals surface area (Å²) in [6.07, 6.45) is 4.87. The highest BCUT2D eigenvalue weighted by atomic mass is 16.2. The van der Waals surface area contributed by atoms with Crippen molar-refractivity contribution >= 4 is 6.03 Å². The number of rotatable bonds is 7. The second-order valence-corrected chi connectivity index (χ2v) is 6.83. The maximum absolute atomic E-state index is 11.8. The van der Waals surface area contributed by atoms with E-state index in [-0.39, 0.29) is 6.03 Å². The zero-order chi connectivity index (χ0) is 16.5. The van der Waals surface area contributed by atoms with Crippen LogP contribution in [0.25, 0.3) is 0 Å². The van der Waals surface area contributed by atoms with E-state index in [2.05, 4.69) is 41.5 Å². The molecule has 1 aliphatic rings. The van der Waals surface area contributed by atoms with Crippen molar-refractivity contribution < 1.29 is 4.79 Å². The third kappa shape index (κ3) is 7.04. The molecule has 2 N–H and O–H groups in total. The van der Waals surface area contributed by atoms with Gasteiger partial charge in [-0.15, -0.1) is 0 Å². The van der Waals surface area contributed by atoms with Crippen molar-refractivity contribution in [2.45, 2.75) is 46.1 Å². The highest BCUT2D eigenvalue weighted by Crippen LogP contribution is 2.16. The minimum atomic E-state index is -0.0710. The normalized spacial score (nSPS) is 16.3. The summed E-state index contributed by atoms with van der Waals surface area (Å²) in [4.78, 5) is 14.3. The van der Waals surface area contributed by atoms with Crippen molar-refractivity contribution in [3.05, 3.63) is 35.4 Å².